The van der Waals surface area contributed by atoms with Gasteiger partial charge >= 0.3 is 0 Å². The molecule has 1 aromatic carbocycles. The van der Waals surface area contributed by atoms with E-state index in [0.29, 0.717) is 12.0 Å². The number of piperidine rings is 1. The van der Waals surface area contributed by atoms with Crippen LogP contribution in [0.5, 0.6) is 0 Å². The van der Waals surface area contributed by atoms with E-state index in [4.69, 9.17) is 16.6 Å². The summed E-state index contributed by atoms with van der Waals surface area (Å²) >= 11 is 7.78. The van der Waals surface area contributed by atoms with E-state index in [9.17, 15) is 0 Å². The number of thiazole rings is 1. The predicted molar refractivity (Wildman–Crippen MR) is 73.8 cm³/mol. The average molecular weight is 267 g/mol. The number of aromatic nitrogens is 1. The van der Waals surface area contributed by atoms with Gasteiger partial charge in [-0.3, -0.25) is 0 Å². The van der Waals surface area contributed by atoms with Crippen molar-refractivity contribution >= 4 is 33.2 Å². The highest BCUT2D eigenvalue weighted by Crippen LogP contribution is 2.34. The number of benzene rings is 1. The molecule has 4 heteroatoms. The summed E-state index contributed by atoms with van der Waals surface area (Å²) in [7, 11) is 0. The Balaban J connectivity index is 1.99. The van der Waals surface area contributed by atoms with E-state index in [1.54, 1.807) is 11.3 Å². The highest BCUT2D eigenvalue weighted by molar-refractivity contribution is 7.18. The summed E-state index contributed by atoms with van der Waals surface area (Å²) in [6, 6.07) is 6.36. The molecule has 0 spiro atoms. The van der Waals surface area contributed by atoms with Crippen molar-refractivity contribution in [2.75, 3.05) is 6.54 Å². The molecule has 90 valence electrons. The topological polar surface area (TPSA) is 24.9 Å². The molecular weight excluding hydrogens is 252 g/mol. The zero-order valence-corrected chi connectivity index (χ0v) is 11.3. The molecule has 1 saturated heterocycles. The highest BCUT2D eigenvalue weighted by atomic mass is 35.5. The fourth-order valence-corrected chi connectivity index (χ4v) is 3.76. The van der Waals surface area contributed by atoms with Gasteiger partial charge in [0.2, 0.25) is 0 Å². The van der Waals surface area contributed by atoms with Gasteiger partial charge in [-0.25, -0.2) is 4.98 Å². The van der Waals surface area contributed by atoms with Crippen molar-refractivity contribution in [3.05, 3.63) is 28.2 Å². The lowest BCUT2D eigenvalue weighted by Gasteiger charge is -2.28. The largest absolute Gasteiger partial charge is 0.308 e. The molecule has 1 fully saturated rings. The summed E-state index contributed by atoms with van der Waals surface area (Å²) in [6.07, 6.45) is 2.56. The SMILES string of the molecule is CC1CCCNC1c1nc2cc(Cl)ccc2s1. The first-order chi connectivity index (χ1) is 8.24. The summed E-state index contributed by atoms with van der Waals surface area (Å²) in [4.78, 5) is 4.72. The first-order valence-corrected chi connectivity index (χ1v) is 7.23. The third-order valence-electron chi connectivity index (χ3n) is 3.40. The van der Waals surface area contributed by atoms with Crippen molar-refractivity contribution in [2.45, 2.75) is 25.8 Å². The minimum Gasteiger partial charge on any atom is -0.308 e. The predicted octanol–water partition coefficient (Wildman–Crippen LogP) is 4.01. The second-order valence-electron chi connectivity index (χ2n) is 4.72. The van der Waals surface area contributed by atoms with Crippen molar-refractivity contribution in [3.63, 3.8) is 0 Å². The zero-order valence-electron chi connectivity index (χ0n) is 9.74. The lowest BCUT2D eigenvalue weighted by Crippen LogP contribution is -2.32. The molecule has 1 aliphatic heterocycles. The van der Waals surface area contributed by atoms with Gasteiger partial charge in [0.15, 0.2) is 0 Å². The molecule has 0 radical (unpaired) electrons. The smallest absolute Gasteiger partial charge is 0.111 e. The molecule has 2 heterocycles. The summed E-state index contributed by atoms with van der Waals surface area (Å²) in [5.74, 6) is 0.666. The molecule has 3 rings (SSSR count). The molecule has 0 bridgehead atoms. The normalized spacial score (nSPS) is 25.3. The first kappa shape index (κ1) is 11.5. The maximum atomic E-state index is 5.99. The van der Waals surface area contributed by atoms with Crippen LogP contribution in [-0.4, -0.2) is 11.5 Å². The van der Waals surface area contributed by atoms with E-state index >= 15 is 0 Å². The molecule has 2 unspecified atom stereocenters. The number of hydrogen-bond donors (Lipinski definition) is 1. The quantitative estimate of drug-likeness (QED) is 0.844. The Kier molecular flexibility index (Phi) is 3.07. The Bertz CT molecular complexity index is 537. The summed E-state index contributed by atoms with van der Waals surface area (Å²) in [5, 5.41) is 5.54. The van der Waals surface area contributed by atoms with Gasteiger partial charge < -0.3 is 5.32 Å². The molecule has 17 heavy (non-hydrogen) atoms. The minimum atomic E-state index is 0.417. The Labute approximate surface area is 110 Å². The van der Waals surface area contributed by atoms with Crippen molar-refractivity contribution in [1.82, 2.24) is 10.3 Å². The fourth-order valence-electron chi connectivity index (χ4n) is 2.43. The number of nitrogens with zero attached hydrogens (tertiary/aromatic N) is 1. The standard InChI is InChI=1S/C13H15ClN2S/c1-8-3-2-6-15-12(8)13-16-10-7-9(14)4-5-11(10)17-13/h4-5,7-8,12,15H,2-3,6H2,1H3. The fraction of sp³-hybridized carbons (Fsp3) is 0.462. The van der Waals surface area contributed by atoms with E-state index < -0.39 is 0 Å². The van der Waals surface area contributed by atoms with Crippen LogP contribution in [-0.2, 0) is 0 Å². The second kappa shape index (κ2) is 4.56. The average Bonchev–Trinajstić information content (AvgIpc) is 2.72. The van der Waals surface area contributed by atoms with Crippen LogP contribution < -0.4 is 5.32 Å². The van der Waals surface area contributed by atoms with Crippen LogP contribution in [0.4, 0.5) is 0 Å². The van der Waals surface area contributed by atoms with Crippen LogP contribution in [0, 0.1) is 5.92 Å². The Morgan fingerprint density at radius 3 is 3.18 bits per heavy atom. The van der Waals surface area contributed by atoms with Gasteiger partial charge in [0.1, 0.15) is 5.01 Å². The second-order valence-corrected chi connectivity index (χ2v) is 6.21. The Morgan fingerprint density at radius 1 is 1.47 bits per heavy atom. The molecule has 1 aliphatic rings. The van der Waals surface area contributed by atoms with Crippen molar-refractivity contribution in [3.8, 4) is 0 Å². The molecule has 1 N–H and O–H groups in total. The van der Waals surface area contributed by atoms with Gasteiger partial charge in [-0.1, -0.05) is 18.5 Å². The van der Waals surface area contributed by atoms with E-state index in [2.05, 4.69) is 18.3 Å². The number of halogens is 1. The van der Waals surface area contributed by atoms with Gasteiger partial charge in [-0.05, 0) is 43.5 Å². The lowest BCUT2D eigenvalue weighted by molar-refractivity contribution is 0.305. The van der Waals surface area contributed by atoms with E-state index in [1.165, 1.54) is 22.5 Å². The third-order valence-corrected chi connectivity index (χ3v) is 4.76. The molecule has 1 aromatic heterocycles. The van der Waals surface area contributed by atoms with Gasteiger partial charge in [0.05, 0.1) is 16.3 Å². The van der Waals surface area contributed by atoms with Crippen LogP contribution in [0.2, 0.25) is 5.02 Å². The van der Waals surface area contributed by atoms with Gasteiger partial charge in [0, 0.05) is 5.02 Å². The monoisotopic (exact) mass is 266 g/mol. The van der Waals surface area contributed by atoms with Crippen LogP contribution in [0.15, 0.2) is 18.2 Å². The number of fused-ring (bicyclic) bond motifs is 1. The zero-order chi connectivity index (χ0) is 11.8. The summed E-state index contributed by atoms with van der Waals surface area (Å²) in [6.45, 7) is 3.40. The molecule has 0 amide bonds. The minimum absolute atomic E-state index is 0.417. The van der Waals surface area contributed by atoms with E-state index in [0.717, 1.165) is 17.1 Å². The van der Waals surface area contributed by atoms with Crippen LogP contribution in [0.25, 0.3) is 10.2 Å². The molecule has 2 nitrogen and oxygen atoms in total. The third kappa shape index (κ3) is 2.19. The van der Waals surface area contributed by atoms with Crippen molar-refractivity contribution in [1.29, 1.82) is 0 Å². The first-order valence-electron chi connectivity index (χ1n) is 6.03. The number of hydrogen-bond acceptors (Lipinski definition) is 3. The lowest BCUT2D eigenvalue weighted by atomic mass is 9.93. The maximum absolute atomic E-state index is 5.99. The van der Waals surface area contributed by atoms with Crippen LogP contribution in [0.3, 0.4) is 0 Å². The molecule has 0 aliphatic carbocycles. The van der Waals surface area contributed by atoms with E-state index in [-0.39, 0.29) is 0 Å². The van der Waals surface area contributed by atoms with Crippen molar-refractivity contribution < 1.29 is 0 Å². The summed E-state index contributed by atoms with van der Waals surface area (Å²) in [5.41, 5.74) is 1.03. The molecular formula is C13H15ClN2S. The van der Waals surface area contributed by atoms with Crippen molar-refractivity contribution in [2.24, 2.45) is 5.92 Å². The van der Waals surface area contributed by atoms with Gasteiger partial charge in [0.25, 0.3) is 0 Å². The number of nitrogens with one attached hydrogen (secondary N) is 1. The molecule has 2 aromatic rings. The summed E-state index contributed by atoms with van der Waals surface area (Å²) < 4.78 is 1.23. The maximum Gasteiger partial charge on any atom is 0.111 e. The van der Waals surface area contributed by atoms with Gasteiger partial charge in [-0.15, -0.1) is 11.3 Å². The van der Waals surface area contributed by atoms with Crippen LogP contribution in [0.1, 0.15) is 30.8 Å². The Hall–Kier alpha value is -0.640. The molecule has 2 atom stereocenters. The molecule has 0 saturated carbocycles. The number of rotatable bonds is 1. The van der Waals surface area contributed by atoms with E-state index in [1.807, 2.05) is 12.1 Å². The van der Waals surface area contributed by atoms with Crippen LogP contribution >= 0.6 is 22.9 Å². The van der Waals surface area contributed by atoms with Gasteiger partial charge in [-0.2, -0.15) is 0 Å². The highest BCUT2D eigenvalue weighted by Gasteiger charge is 2.25. The Morgan fingerprint density at radius 2 is 2.35 bits per heavy atom.